The first kappa shape index (κ1) is 8.33. The Bertz CT molecular complexity index is 132. The van der Waals surface area contributed by atoms with Gasteiger partial charge in [0.15, 0.2) is 0 Å². The van der Waals surface area contributed by atoms with Crippen molar-refractivity contribution in [3.05, 3.63) is 0 Å². The largest absolute Gasteiger partial charge is 0.445 e. The van der Waals surface area contributed by atoms with Gasteiger partial charge < -0.3 is 15.4 Å². The fourth-order valence-corrected chi connectivity index (χ4v) is 1.07. The standard InChI is InChI=1S/C7H14N2O2/c1-2-9-7(10)11-6-3-4-8-5-6/h6,8H,2-5H2,1H3,(H,9,10)/t6-/m0/s1. The third-order valence-electron chi connectivity index (χ3n) is 1.61. The second-order valence-corrected chi connectivity index (χ2v) is 2.55. The summed E-state index contributed by atoms with van der Waals surface area (Å²) in [5.41, 5.74) is 0. The van der Waals surface area contributed by atoms with Crippen LogP contribution in [0.5, 0.6) is 0 Å². The van der Waals surface area contributed by atoms with Crippen LogP contribution in [0.3, 0.4) is 0 Å². The Morgan fingerprint density at radius 2 is 2.64 bits per heavy atom. The first-order valence-electron chi connectivity index (χ1n) is 3.98. The molecule has 0 aromatic carbocycles. The van der Waals surface area contributed by atoms with Crippen LogP contribution in [-0.2, 0) is 4.74 Å². The molecule has 0 radical (unpaired) electrons. The van der Waals surface area contributed by atoms with Crippen LogP contribution < -0.4 is 10.6 Å². The molecule has 1 aliphatic rings. The van der Waals surface area contributed by atoms with Gasteiger partial charge in [0.1, 0.15) is 6.10 Å². The Labute approximate surface area is 66.3 Å². The number of nitrogens with one attached hydrogen (secondary N) is 2. The van der Waals surface area contributed by atoms with E-state index in [-0.39, 0.29) is 12.2 Å². The Morgan fingerprint density at radius 1 is 1.82 bits per heavy atom. The fourth-order valence-electron chi connectivity index (χ4n) is 1.07. The van der Waals surface area contributed by atoms with Crippen molar-refractivity contribution in [2.75, 3.05) is 19.6 Å². The van der Waals surface area contributed by atoms with Crippen LogP contribution in [0.1, 0.15) is 13.3 Å². The van der Waals surface area contributed by atoms with Crippen LogP contribution in [-0.4, -0.2) is 31.8 Å². The molecule has 1 atom stereocenters. The minimum Gasteiger partial charge on any atom is -0.445 e. The summed E-state index contributed by atoms with van der Waals surface area (Å²) in [6.45, 7) is 4.23. The molecule has 0 aromatic heterocycles. The van der Waals surface area contributed by atoms with E-state index in [1.807, 2.05) is 6.92 Å². The van der Waals surface area contributed by atoms with Gasteiger partial charge in [0, 0.05) is 13.1 Å². The van der Waals surface area contributed by atoms with Crippen molar-refractivity contribution in [2.24, 2.45) is 0 Å². The molecule has 0 aliphatic carbocycles. The molecule has 0 unspecified atom stereocenters. The van der Waals surface area contributed by atoms with Gasteiger partial charge >= 0.3 is 6.09 Å². The lowest BCUT2D eigenvalue weighted by molar-refractivity contribution is 0.108. The highest BCUT2D eigenvalue weighted by Gasteiger charge is 2.17. The third kappa shape index (κ3) is 2.76. The normalized spacial score (nSPS) is 23.2. The number of amides is 1. The van der Waals surface area contributed by atoms with Crippen molar-refractivity contribution in [1.82, 2.24) is 10.6 Å². The predicted molar refractivity (Wildman–Crippen MR) is 41.4 cm³/mol. The number of rotatable bonds is 2. The van der Waals surface area contributed by atoms with Gasteiger partial charge in [-0.15, -0.1) is 0 Å². The monoisotopic (exact) mass is 158 g/mol. The van der Waals surface area contributed by atoms with Crippen LogP contribution >= 0.6 is 0 Å². The van der Waals surface area contributed by atoms with E-state index in [0.29, 0.717) is 6.54 Å². The predicted octanol–water partition coefficient (Wildman–Crippen LogP) is 0.0944. The zero-order valence-electron chi connectivity index (χ0n) is 6.72. The Kier molecular flexibility index (Phi) is 3.16. The highest BCUT2D eigenvalue weighted by atomic mass is 16.6. The number of ether oxygens (including phenoxy) is 1. The number of carbonyl (C=O) groups excluding carboxylic acids is 1. The Morgan fingerprint density at radius 3 is 3.18 bits per heavy atom. The molecule has 1 saturated heterocycles. The average Bonchev–Trinajstić information content (AvgIpc) is 2.40. The maximum absolute atomic E-state index is 10.8. The van der Waals surface area contributed by atoms with E-state index >= 15 is 0 Å². The molecule has 64 valence electrons. The summed E-state index contributed by atoms with van der Waals surface area (Å²) in [5, 5.41) is 5.70. The van der Waals surface area contributed by atoms with Gasteiger partial charge in [-0.1, -0.05) is 0 Å². The van der Waals surface area contributed by atoms with Gasteiger partial charge in [-0.2, -0.15) is 0 Å². The zero-order valence-corrected chi connectivity index (χ0v) is 6.72. The SMILES string of the molecule is CCNC(=O)O[C@H]1CCNC1. The van der Waals surface area contributed by atoms with Gasteiger partial charge in [0.2, 0.25) is 0 Å². The number of hydrogen-bond acceptors (Lipinski definition) is 3. The highest BCUT2D eigenvalue weighted by Crippen LogP contribution is 2.02. The highest BCUT2D eigenvalue weighted by molar-refractivity contribution is 5.67. The van der Waals surface area contributed by atoms with Crippen molar-refractivity contribution in [1.29, 1.82) is 0 Å². The number of hydrogen-bond donors (Lipinski definition) is 2. The lowest BCUT2D eigenvalue weighted by Gasteiger charge is -2.10. The first-order chi connectivity index (χ1) is 5.33. The minimum atomic E-state index is -0.304. The van der Waals surface area contributed by atoms with Crippen LogP contribution in [0, 0.1) is 0 Å². The van der Waals surface area contributed by atoms with Crippen LogP contribution in [0.25, 0.3) is 0 Å². The molecule has 1 heterocycles. The maximum atomic E-state index is 10.8. The maximum Gasteiger partial charge on any atom is 0.407 e. The third-order valence-corrected chi connectivity index (χ3v) is 1.61. The molecule has 0 spiro atoms. The topological polar surface area (TPSA) is 50.4 Å². The lowest BCUT2D eigenvalue weighted by Crippen LogP contribution is -2.29. The van der Waals surface area contributed by atoms with Crippen molar-refractivity contribution in [3.63, 3.8) is 0 Å². The van der Waals surface area contributed by atoms with Gasteiger partial charge in [0.25, 0.3) is 0 Å². The van der Waals surface area contributed by atoms with Crippen molar-refractivity contribution < 1.29 is 9.53 Å². The second kappa shape index (κ2) is 4.18. The molecule has 0 aromatic rings. The van der Waals surface area contributed by atoms with Crippen molar-refractivity contribution >= 4 is 6.09 Å². The second-order valence-electron chi connectivity index (χ2n) is 2.55. The van der Waals surface area contributed by atoms with Gasteiger partial charge in [-0.05, 0) is 19.9 Å². The quantitative estimate of drug-likeness (QED) is 0.599. The van der Waals surface area contributed by atoms with E-state index < -0.39 is 0 Å². The molecule has 4 nitrogen and oxygen atoms in total. The van der Waals surface area contributed by atoms with Crippen LogP contribution in [0.4, 0.5) is 4.79 Å². The van der Waals surface area contributed by atoms with Crippen LogP contribution in [0.2, 0.25) is 0 Å². The molecule has 1 amide bonds. The number of alkyl carbamates (subject to hydrolysis) is 1. The molecule has 11 heavy (non-hydrogen) atoms. The van der Waals surface area contributed by atoms with Crippen molar-refractivity contribution in [3.8, 4) is 0 Å². The molecule has 0 bridgehead atoms. The van der Waals surface area contributed by atoms with Gasteiger partial charge in [0.05, 0.1) is 0 Å². The van der Waals surface area contributed by atoms with Crippen LogP contribution in [0.15, 0.2) is 0 Å². The molecular formula is C7H14N2O2. The minimum absolute atomic E-state index is 0.0709. The van der Waals surface area contributed by atoms with Gasteiger partial charge in [-0.3, -0.25) is 0 Å². The summed E-state index contributed by atoms with van der Waals surface area (Å²) in [5.74, 6) is 0. The molecule has 4 heteroatoms. The Hall–Kier alpha value is -0.770. The lowest BCUT2D eigenvalue weighted by atomic mass is 10.3. The summed E-state index contributed by atoms with van der Waals surface area (Å²) in [4.78, 5) is 10.8. The fraction of sp³-hybridized carbons (Fsp3) is 0.857. The Balaban J connectivity index is 2.13. The van der Waals surface area contributed by atoms with E-state index in [9.17, 15) is 4.79 Å². The van der Waals surface area contributed by atoms with Crippen molar-refractivity contribution in [2.45, 2.75) is 19.4 Å². The number of carbonyl (C=O) groups is 1. The van der Waals surface area contributed by atoms with E-state index in [1.54, 1.807) is 0 Å². The zero-order chi connectivity index (χ0) is 8.10. The molecular weight excluding hydrogens is 144 g/mol. The van der Waals surface area contributed by atoms with E-state index in [1.165, 1.54) is 0 Å². The van der Waals surface area contributed by atoms with E-state index in [4.69, 9.17) is 4.74 Å². The smallest absolute Gasteiger partial charge is 0.407 e. The molecule has 1 rings (SSSR count). The summed E-state index contributed by atoms with van der Waals surface area (Å²) in [6.07, 6.45) is 0.694. The summed E-state index contributed by atoms with van der Waals surface area (Å²) < 4.78 is 5.04. The summed E-state index contributed by atoms with van der Waals surface area (Å²) in [6, 6.07) is 0. The van der Waals surface area contributed by atoms with E-state index in [0.717, 1.165) is 19.5 Å². The summed E-state index contributed by atoms with van der Waals surface area (Å²) >= 11 is 0. The van der Waals surface area contributed by atoms with Gasteiger partial charge in [-0.25, -0.2) is 4.79 Å². The first-order valence-corrected chi connectivity index (χ1v) is 3.98. The average molecular weight is 158 g/mol. The molecule has 0 saturated carbocycles. The molecule has 1 fully saturated rings. The molecule has 2 N–H and O–H groups in total. The van der Waals surface area contributed by atoms with E-state index in [2.05, 4.69) is 10.6 Å². The summed E-state index contributed by atoms with van der Waals surface area (Å²) in [7, 11) is 0. The molecule has 1 aliphatic heterocycles.